The van der Waals surface area contributed by atoms with Gasteiger partial charge in [0, 0.05) is 57.4 Å². The topological polar surface area (TPSA) is 3.24 Å². The van der Waals surface area contributed by atoms with Crippen molar-refractivity contribution in [1.29, 1.82) is 0 Å². The lowest BCUT2D eigenvalue weighted by Crippen LogP contribution is -2.28. The molecular weight excluding hydrogens is 715 g/mol. The van der Waals surface area contributed by atoms with E-state index in [1.165, 1.54) is 84.5 Å². The van der Waals surface area contributed by atoms with E-state index in [0.29, 0.717) is 0 Å². The van der Waals surface area contributed by atoms with Crippen molar-refractivity contribution in [1.82, 2.24) is 0 Å². The number of thiophene rings is 2. The zero-order valence-electron chi connectivity index (χ0n) is 30.3. The molecule has 1 nitrogen and oxygen atoms in total. The molecular formula is C53H33NS2. The second kappa shape index (κ2) is 12.2. The quantitative estimate of drug-likeness (QED) is 0.169. The fraction of sp³-hybridized carbons (Fsp3) is 0.0189. The minimum atomic E-state index is -0.470. The molecule has 0 N–H and O–H groups in total. The van der Waals surface area contributed by atoms with Crippen molar-refractivity contribution in [3.63, 3.8) is 0 Å². The number of hydrogen-bond acceptors (Lipinski definition) is 3. The van der Waals surface area contributed by atoms with Crippen LogP contribution in [0.1, 0.15) is 22.3 Å². The maximum Gasteiger partial charge on any atom is 0.0714 e. The smallest absolute Gasteiger partial charge is 0.0714 e. The van der Waals surface area contributed by atoms with E-state index in [-0.39, 0.29) is 0 Å². The standard InChI is InChI=1S/C53H33NS2/c1-3-14-34(15-4-1)53(45-23-10-7-20-39(45)40-21-8-11-24-46(40)53)35-16-13-19-37(32-35)54(36-17-5-2-6-18-36)38-26-27-44-50(33-38)56-49-31-29-41-42(52(44)49)28-30-48-51(41)43-22-9-12-25-47(43)55-48/h1-33H. The summed E-state index contributed by atoms with van der Waals surface area (Å²) in [5.74, 6) is 0. The molecule has 2 heterocycles. The van der Waals surface area contributed by atoms with Crippen LogP contribution in [-0.4, -0.2) is 0 Å². The number of anilines is 3. The summed E-state index contributed by atoms with van der Waals surface area (Å²) in [4.78, 5) is 2.43. The molecule has 0 aliphatic heterocycles. The Morgan fingerprint density at radius 2 is 0.839 bits per heavy atom. The Balaban J connectivity index is 1.07. The van der Waals surface area contributed by atoms with Crippen LogP contribution in [0.25, 0.3) is 62.2 Å². The van der Waals surface area contributed by atoms with Crippen LogP contribution in [-0.2, 0) is 5.41 Å². The lowest BCUT2D eigenvalue weighted by molar-refractivity contribution is 0.768. The van der Waals surface area contributed by atoms with E-state index in [4.69, 9.17) is 0 Å². The third-order valence-electron chi connectivity index (χ3n) is 11.9. The van der Waals surface area contributed by atoms with Gasteiger partial charge in [0.1, 0.15) is 0 Å². The SMILES string of the molecule is c1ccc(N(c2cccc(C3(c4ccccc4)c4ccccc4-c4ccccc43)c2)c2ccc3c(c2)sc2ccc4c(ccc5sc6ccccc6c54)c23)cc1. The number of fused-ring (bicyclic) bond motifs is 12. The van der Waals surface area contributed by atoms with Gasteiger partial charge < -0.3 is 4.90 Å². The molecule has 56 heavy (non-hydrogen) atoms. The first-order chi connectivity index (χ1) is 27.8. The minimum absolute atomic E-state index is 0.470. The highest BCUT2D eigenvalue weighted by Crippen LogP contribution is 2.56. The lowest BCUT2D eigenvalue weighted by Gasteiger charge is -2.35. The van der Waals surface area contributed by atoms with E-state index in [9.17, 15) is 0 Å². The van der Waals surface area contributed by atoms with Crippen LogP contribution in [0, 0.1) is 0 Å². The van der Waals surface area contributed by atoms with Gasteiger partial charge in [0.2, 0.25) is 0 Å². The average molecular weight is 748 g/mol. The maximum atomic E-state index is 2.43. The Morgan fingerprint density at radius 3 is 1.55 bits per heavy atom. The summed E-state index contributed by atoms with van der Waals surface area (Å²) >= 11 is 3.78. The van der Waals surface area contributed by atoms with Crippen LogP contribution >= 0.6 is 22.7 Å². The molecule has 12 rings (SSSR count). The first-order valence-corrected chi connectivity index (χ1v) is 20.8. The number of nitrogens with zero attached hydrogens (tertiary/aromatic N) is 1. The molecule has 2 aromatic heterocycles. The highest BCUT2D eigenvalue weighted by molar-refractivity contribution is 7.26. The Hall–Kier alpha value is -6.52. The fourth-order valence-corrected chi connectivity index (χ4v) is 11.9. The molecule has 0 bridgehead atoms. The molecule has 3 heteroatoms. The molecule has 0 saturated carbocycles. The van der Waals surface area contributed by atoms with Crippen molar-refractivity contribution >= 4 is 90.9 Å². The van der Waals surface area contributed by atoms with Gasteiger partial charge >= 0.3 is 0 Å². The van der Waals surface area contributed by atoms with Crippen LogP contribution in [0.5, 0.6) is 0 Å². The lowest BCUT2D eigenvalue weighted by atomic mass is 9.67. The molecule has 0 saturated heterocycles. The largest absolute Gasteiger partial charge is 0.310 e. The van der Waals surface area contributed by atoms with Crippen LogP contribution in [0.4, 0.5) is 17.1 Å². The van der Waals surface area contributed by atoms with E-state index in [2.05, 4.69) is 205 Å². The number of hydrogen-bond donors (Lipinski definition) is 0. The van der Waals surface area contributed by atoms with Crippen molar-refractivity contribution in [3.05, 3.63) is 222 Å². The van der Waals surface area contributed by atoms with Crippen molar-refractivity contribution < 1.29 is 0 Å². The Morgan fingerprint density at radius 1 is 0.321 bits per heavy atom. The van der Waals surface area contributed by atoms with Crippen LogP contribution < -0.4 is 4.90 Å². The molecule has 1 aliphatic rings. The summed E-state index contributed by atoms with van der Waals surface area (Å²) in [5, 5.41) is 8.04. The molecule has 1 aliphatic carbocycles. The van der Waals surface area contributed by atoms with Crippen molar-refractivity contribution in [3.8, 4) is 11.1 Å². The molecule has 0 unspecified atom stereocenters. The summed E-state index contributed by atoms with van der Waals surface area (Å²) in [5.41, 5.74) is 10.7. The maximum absolute atomic E-state index is 2.43. The molecule has 11 aromatic rings. The Kier molecular flexibility index (Phi) is 6.95. The van der Waals surface area contributed by atoms with Gasteiger partial charge in [0.15, 0.2) is 0 Å². The van der Waals surface area contributed by atoms with E-state index < -0.39 is 5.41 Å². The molecule has 9 aromatic carbocycles. The minimum Gasteiger partial charge on any atom is -0.310 e. The monoisotopic (exact) mass is 747 g/mol. The predicted octanol–water partition coefficient (Wildman–Crippen LogP) is 15.4. The van der Waals surface area contributed by atoms with E-state index >= 15 is 0 Å². The van der Waals surface area contributed by atoms with Crippen molar-refractivity contribution in [2.45, 2.75) is 5.41 Å². The third-order valence-corrected chi connectivity index (χ3v) is 14.2. The molecule has 262 valence electrons. The molecule has 0 amide bonds. The van der Waals surface area contributed by atoms with Gasteiger partial charge in [-0.15, -0.1) is 22.7 Å². The average Bonchev–Trinajstić information content (AvgIpc) is 3.93. The molecule has 0 spiro atoms. The second-order valence-electron chi connectivity index (χ2n) is 14.8. The molecule has 0 fully saturated rings. The van der Waals surface area contributed by atoms with Gasteiger partial charge in [-0.3, -0.25) is 0 Å². The fourth-order valence-electron chi connectivity index (χ4n) is 9.65. The first-order valence-electron chi connectivity index (χ1n) is 19.2. The normalized spacial score (nSPS) is 13.1. The zero-order valence-corrected chi connectivity index (χ0v) is 31.9. The summed E-state index contributed by atoms with van der Waals surface area (Å²) in [6.45, 7) is 0. The van der Waals surface area contributed by atoms with E-state index in [1.807, 2.05) is 22.7 Å². The molecule has 0 radical (unpaired) electrons. The first kappa shape index (κ1) is 31.8. The Bertz CT molecular complexity index is 3270. The van der Waals surface area contributed by atoms with Gasteiger partial charge in [-0.05, 0) is 98.8 Å². The number of benzene rings is 9. The summed E-state index contributed by atoms with van der Waals surface area (Å²) < 4.78 is 5.30. The van der Waals surface area contributed by atoms with Gasteiger partial charge in [-0.2, -0.15) is 0 Å². The van der Waals surface area contributed by atoms with Crippen LogP contribution in [0.3, 0.4) is 0 Å². The van der Waals surface area contributed by atoms with Gasteiger partial charge in [0.25, 0.3) is 0 Å². The van der Waals surface area contributed by atoms with Gasteiger partial charge in [0.05, 0.1) is 5.41 Å². The number of rotatable bonds is 5. The third kappa shape index (κ3) is 4.47. The summed E-state index contributed by atoms with van der Waals surface area (Å²) in [6.07, 6.45) is 0. The highest BCUT2D eigenvalue weighted by atomic mass is 32.1. The van der Waals surface area contributed by atoms with Crippen LogP contribution in [0.15, 0.2) is 200 Å². The predicted molar refractivity (Wildman–Crippen MR) is 242 cm³/mol. The second-order valence-corrected chi connectivity index (χ2v) is 16.9. The van der Waals surface area contributed by atoms with Crippen molar-refractivity contribution in [2.75, 3.05) is 4.90 Å². The van der Waals surface area contributed by atoms with E-state index in [0.717, 1.165) is 17.1 Å². The summed E-state index contributed by atoms with van der Waals surface area (Å²) in [6, 6.07) is 74.4. The number of para-hydroxylation sites is 1. The van der Waals surface area contributed by atoms with E-state index in [1.54, 1.807) is 0 Å². The van der Waals surface area contributed by atoms with Gasteiger partial charge in [-0.1, -0.05) is 146 Å². The van der Waals surface area contributed by atoms with Crippen molar-refractivity contribution in [2.24, 2.45) is 0 Å². The highest BCUT2D eigenvalue weighted by Gasteiger charge is 2.46. The summed E-state index contributed by atoms with van der Waals surface area (Å²) in [7, 11) is 0. The zero-order chi connectivity index (χ0) is 36.8. The van der Waals surface area contributed by atoms with Crippen LogP contribution in [0.2, 0.25) is 0 Å². The Labute approximate surface area is 333 Å². The molecule has 0 atom stereocenters. The van der Waals surface area contributed by atoms with Gasteiger partial charge in [-0.25, -0.2) is 0 Å².